The van der Waals surface area contributed by atoms with E-state index in [0.29, 0.717) is 13.2 Å². The summed E-state index contributed by atoms with van der Waals surface area (Å²) in [5.41, 5.74) is 0.133. The van der Waals surface area contributed by atoms with Gasteiger partial charge in [0.1, 0.15) is 0 Å². The van der Waals surface area contributed by atoms with Crippen LogP contribution < -0.4 is 5.32 Å². The van der Waals surface area contributed by atoms with Gasteiger partial charge in [0.25, 0.3) is 0 Å². The highest BCUT2D eigenvalue weighted by Gasteiger charge is 2.13. The Kier molecular flexibility index (Phi) is 7.05. The highest BCUT2D eigenvalue weighted by Crippen LogP contribution is 2.09. The number of ether oxygens (including phenoxy) is 1. The van der Waals surface area contributed by atoms with Crippen molar-refractivity contribution in [3.63, 3.8) is 0 Å². The zero-order chi connectivity index (χ0) is 11.7. The summed E-state index contributed by atoms with van der Waals surface area (Å²) in [7, 11) is 0. The molecule has 0 aromatic heterocycles. The van der Waals surface area contributed by atoms with Crippen LogP contribution in [0, 0.1) is 0 Å². The van der Waals surface area contributed by atoms with Crippen molar-refractivity contribution in [3.8, 4) is 0 Å². The van der Waals surface area contributed by atoms with Gasteiger partial charge in [-0.2, -0.15) is 0 Å². The Bertz CT molecular complexity index is 210. The van der Waals surface area contributed by atoms with Gasteiger partial charge in [0, 0.05) is 18.2 Å². The molecule has 0 bridgehead atoms. The van der Waals surface area contributed by atoms with Gasteiger partial charge < -0.3 is 10.1 Å². The lowest BCUT2D eigenvalue weighted by Gasteiger charge is -2.24. The second-order valence-electron chi connectivity index (χ2n) is 4.17. The van der Waals surface area contributed by atoms with E-state index in [4.69, 9.17) is 4.74 Å². The van der Waals surface area contributed by atoms with Gasteiger partial charge in [-0.15, -0.1) is 0 Å². The molecule has 0 heterocycles. The maximum atomic E-state index is 11.0. The van der Waals surface area contributed by atoms with Crippen LogP contribution in [0.25, 0.3) is 0 Å². The molecule has 88 valence electrons. The SMILES string of the molecule is CCCC(C)(C)NC/C=C/C(=O)OCC. The van der Waals surface area contributed by atoms with Crippen molar-refractivity contribution in [2.75, 3.05) is 13.2 Å². The predicted octanol–water partition coefficient (Wildman–Crippen LogP) is 2.27. The third kappa shape index (κ3) is 8.18. The number of carbonyl (C=O) groups excluding carboxylic acids is 1. The molecule has 0 aliphatic heterocycles. The van der Waals surface area contributed by atoms with Gasteiger partial charge in [0.2, 0.25) is 0 Å². The zero-order valence-electron chi connectivity index (χ0n) is 10.3. The maximum Gasteiger partial charge on any atom is 0.330 e. The van der Waals surface area contributed by atoms with Crippen LogP contribution >= 0.6 is 0 Å². The molecule has 3 nitrogen and oxygen atoms in total. The van der Waals surface area contributed by atoms with E-state index in [9.17, 15) is 4.79 Å². The van der Waals surface area contributed by atoms with E-state index in [1.807, 2.05) is 0 Å². The molecule has 0 unspecified atom stereocenters. The van der Waals surface area contributed by atoms with Crippen LogP contribution in [0.4, 0.5) is 0 Å². The highest BCUT2D eigenvalue weighted by molar-refractivity contribution is 5.81. The number of carbonyl (C=O) groups is 1. The van der Waals surface area contributed by atoms with Crippen LogP contribution in [0.1, 0.15) is 40.5 Å². The molecular weight excluding hydrogens is 190 g/mol. The molecule has 1 N–H and O–H groups in total. The molecule has 0 amide bonds. The van der Waals surface area contributed by atoms with Gasteiger partial charge in [-0.05, 0) is 27.2 Å². The largest absolute Gasteiger partial charge is 0.463 e. The van der Waals surface area contributed by atoms with E-state index in [1.165, 1.54) is 6.08 Å². The van der Waals surface area contributed by atoms with Crippen LogP contribution in [0.3, 0.4) is 0 Å². The first-order chi connectivity index (χ1) is 7.02. The summed E-state index contributed by atoms with van der Waals surface area (Å²) in [6.07, 6.45) is 5.55. The Balaban J connectivity index is 3.73. The number of hydrogen-bond acceptors (Lipinski definition) is 3. The van der Waals surface area contributed by atoms with Crippen molar-refractivity contribution in [2.24, 2.45) is 0 Å². The Hall–Kier alpha value is -0.830. The summed E-state index contributed by atoms with van der Waals surface area (Å²) in [5.74, 6) is -0.271. The Morgan fingerprint density at radius 3 is 2.60 bits per heavy atom. The van der Waals surface area contributed by atoms with Crippen LogP contribution in [0.15, 0.2) is 12.2 Å². The fourth-order valence-corrected chi connectivity index (χ4v) is 1.39. The second kappa shape index (κ2) is 7.46. The number of hydrogen-bond donors (Lipinski definition) is 1. The lowest BCUT2D eigenvalue weighted by atomic mass is 9.99. The summed E-state index contributed by atoms with van der Waals surface area (Å²) < 4.78 is 4.77. The first-order valence-corrected chi connectivity index (χ1v) is 5.60. The zero-order valence-corrected chi connectivity index (χ0v) is 10.3. The summed E-state index contributed by atoms with van der Waals surface area (Å²) in [4.78, 5) is 11.0. The molecule has 0 atom stereocenters. The topological polar surface area (TPSA) is 38.3 Å². The third-order valence-corrected chi connectivity index (χ3v) is 2.11. The van der Waals surface area contributed by atoms with Gasteiger partial charge >= 0.3 is 5.97 Å². The van der Waals surface area contributed by atoms with E-state index in [1.54, 1.807) is 13.0 Å². The van der Waals surface area contributed by atoms with Crippen molar-refractivity contribution >= 4 is 5.97 Å². The Labute approximate surface area is 92.9 Å². The molecule has 0 saturated carbocycles. The van der Waals surface area contributed by atoms with Crippen LogP contribution in [-0.4, -0.2) is 24.7 Å². The van der Waals surface area contributed by atoms with Crippen LogP contribution in [0.5, 0.6) is 0 Å². The number of esters is 1. The fourth-order valence-electron chi connectivity index (χ4n) is 1.39. The smallest absolute Gasteiger partial charge is 0.330 e. The standard InChI is InChI=1S/C12H23NO2/c1-5-9-12(3,4)13-10-7-8-11(14)15-6-2/h7-8,13H,5-6,9-10H2,1-4H3/b8-7+. The minimum atomic E-state index is -0.271. The molecular formula is C12H23NO2. The van der Waals surface area contributed by atoms with Crippen molar-refractivity contribution in [1.29, 1.82) is 0 Å². The van der Waals surface area contributed by atoms with Gasteiger partial charge in [-0.25, -0.2) is 4.79 Å². The van der Waals surface area contributed by atoms with E-state index in [2.05, 4.69) is 26.1 Å². The first-order valence-electron chi connectivity index (χ1n) is 5.60. The van der Waals surface area contributed by atoms with E-state index < -0.39 is 0 Å². The van der Waals surface area contributed by atoms with Gasteiger partial charge in [-0.1, -0.05) is 19.4 Å². The van der Waals surface area contributed by atoms with Crippen molar-refractivity contribution < 1.29 is 9.53 Å². The highest BCUT2D eigenvalue weighted by atomic mass is 16.5. The van der Waals surface area contributed by atoms with Gasteiger partial charge in [-0.3, -0.25) is 0 Å². The lowest BCUT2D eigenvalue weighted by molar-refractivity contribution is -0.137. The molecule has 0 aromatic carbocycles. The number of nitrogens with one attached hydrogen (secondary N) is 1. The minimum absolute atomic E-state index is 0.133. The van der Waals surface area contributed by atoms with Crippen LogP contribution in [0.2, 0.25) is 0 Å². The molecule has 0 spiro atoms. The number of rotatable bonds is 7. The maximum absolute atomic E-state index is 11.0. The monoisotopic (exact) mass is 213 g/mol. The van der Waals surface area contributed by atoms with E-state index in [0.717, 1.165) is 12.8 Å². The molecule has 0 fully saturated rings. The minimum Gasteiger partial charge on any atom is -0.463 e. The summed E-state index contributed by atoms with van der Waals surface area (Å²) in [5, 5.41) is 3.36. The van der Waals surface area contributed by atoms with Gasteiger partial charge in [0.15, 0.2) is 0 Å². The molecule has 15 heavy (non-hydrogen) atoms. The average Bonchev–Trinajstić information content (AvgIpc) is 2.13. The van der Waals surface area contributed by atoms with Crippen LogP contribution in [-0.2, 0) is 9.53 Å². The van der Waals surface area contributed by atoms with E-state index >= 15 is 0 Å². The second-order valence-corrected chi connectivity index (χ2v) is 4.17. The fraction of sp³-hybridized carbons (Fsp3) is 0.750. The predicted molar refractivity (Wildman–Crippen MR) is 62.8 cm³/mol. The van der Waals surface area contributed by atoms with Gasteiger partial charge in [0.05, 0.1) is 6.61 Å². The van der Waals surface area contributed by atoms with Crippen molar-refractivity contribution in [2.45, 2.75) is 46.1 Å². The summed E-state index contributed by atoms with van der Waals surface area (Å²) >= 11 is 0. The van der Waals surface area contributed by atoms with Crippen molar-refractivity contribution in [1.82, 2.24) is 5.32 Å². The lowest BCUT2D eigenvalue weighted by Crippen LogP contribution is -2.39. The molecule has 0 radical (unpaired) electrons. The van der Waals surface area contributed by atoms with E-state index in [-0.39, 0.29) is 11.5 Å². The Morgan fingerprint density at radius 1 is 1.40 bits per heavy atom. The average molecular weight is 213 g/mol. The summed E-state index contributed by atoms with van der Waals surface area (Å²) in [6.45, 7) is 9.42. The molecule has 0 rings (SSSR count). The van der Waals surface area contributed by atoms with Crippen molar-refractivity contribution in [3.05, 3.63) is 12.2 Å². The quantitative estimate of drug-likeness (QED) is 0.521. The normalized spacial score (nSPS) is 12.0. The first kappa shape index (κ1) is 14.2. The third-order valence-electron chi connectivity index (χ3n) is 2.11. The molecule has 3 heteroatoms. The molecule has 0 aliphatic rings. The molecule has 0 aromatic rings. The molecule has 0 aliphatic carbocycles. The Morgan fingerprint density at radius 2 is 2.07 bits per heavy atom. The molecule has 0 saturated heterocycles. The summed E-state index contributed by atoms with van der Waals surface area (Å²) in [6, 6.07) is 0.